The van der Waals surface area contributed by atoms with Crippen molar-refractivity contribution < 1.29 is 8.30 Å². The quantitative estimate of drug-likeness (QED) is 0.635. The van der Waals surface area contributed by atoms with Crippen molar-refractivity contribution in [3.8, 4) is 0 Å². The molecule has 7 heteroatoms. The Kier molecular flexibility index (Phi) is 8.97. The number of hydrogen-bond acceptors (Lipinski definition) is 2. The van der Waals surface area contributed by atoms with Gasteiger partial charge in [0.15, 0.2) is 0 Å². The van der Waals surface area contributed by atoms with E-state index < -0.39 is 8.30 Å². The third kappa shape index (κ3) is 9.26. The number of unbranched alkanes of at least 4 members (excludes halogenated alkanes) is 1. The summed E-state index contributed by atoms with van der Waals surface area (Å²) in [6.45, 7) is 5.66. The Morgan fingerprint density at radius 1 is 1.31 bits per heavy atom. The van der Waals surface area contributed by atoms with Gasteiger partial charge in [0.25, 0.3) is 0 Å². The van der Waals surface area contributed by atoms with E-state index in [1.807, 2.05) is 0 Å². The Bertz CT molecular complexity index is 217. The van der Waals surface area contributed by atoms with E-state index in [-0.39, 0.29) is 0 Å². The SMILES string of the molecule is CCCCN1C=CN(C)C1C.[Cl][Fe-]([Cl])([Cl])[Br]. The summed E-state index contributed by atoms with van der Waals surface area (Å²) in [6, 6.07) is 0. The molecule has 16 heavy (non-hydrogen) atoms. The van der Waals surface area contributed by atoms with Crippen molar-refractivity contribution in [2.24, 2.45) is 0 Å². The molecule has 0 aromatic carbocycles. The van der Waals surface area contributed by atoms with E-state index in [0.29, 0.717) is 6.17 Å². The van der Waals surface area contributed by atoms with Gasteiger partial charge in [-0.05, 0) is 13.3 Å². The zero-order chi connectivity index (χ0) is 12.8. The summed E-state index contributed by atoms with van der Waals surface area (Å²) in [5, 5.41) is 0. The first-order valence-corrected chi connectivity index (χ1v) is 12.2. The van der Waals surface area contributed by atoms with Crippen LogP contribution in [0.4, 0.5) is 0 Å². The summed E-state index contributed by atoms with van der Waals surface area (Å²) in [7, 11) is 15.2. The number of nitrogens with zero attached hydrogens (tertiary/aromatic N) is 2. The molecule has 0 amide bonds. The summed E-state index contributed by atoms with van der Waals surface area (Å²) in [6.07, 6.45) is 7.45. The average Bonchev–Trinajstić information content (AvgIpc) is 2.42. The van der Waals surface area contributed by atoms with Crippen molar-refractivity contribution in [2.45, 2.75) is 32.9 Å². The van der Waals surface area contributed by atoms with Crippen LogP contribution < -0.4 is 0 Å². The zero-order valence-corrected chi connectivity index (χ0v) is 14.6. The Morgan fingerprint density at radius 3 is 2.12 bits per heavy atom. The van der Waals surface area contributed by atoms with Gasteiger partial charge in [-0.1, -0.05) is 13.3 Å². The monoisotopic (exact) mass is 394 g/mol. The molecule has 0 N–H and O–H groups in total. The van der Waals surface area contributed by atoms with Crippen LogP contribution in [0.25, 0.3) is 0 Å². The molecule has 0 aromatic rings. The van der Waals surface area contributed by atoms with Crippen LogP contribution in [0.2, 0.25) is 0 Å². The van der Waals surface area contributed by atoms with Gasteiger partial charge < -0.3 is 9.80 Å². The fourth-order valence-electron chi connectivity index (χ4n) is 1.28. The van der Waals surface area contributed by atoms with E-state index in [9.17, 15) is 0 Å². The fraction of sp³-hybridized carbons (Fsp3) is 0.778. The summed E-state index contributed by atoms with van der Waals surface area (Å²) >= 11 is 2.80. The summed E-state index contributed by atoms with van der Waals surface area (Å²) in [5.41, 5.74) is 0. The van der Waals surface area contributed by atoms with Crippen LogP contribution in [0, 0.1) is 0 Å². The summed E-state index contributed by atoms with van der Waals surface area (Å²) < 4.78 is 0. The third-order valence-electron chi connectivity index (χ3n) is 2.33. The molecular weight excluding hydrogens is 378 g/mol. The molecule has 0 radical (unpaired) electrons. The minimum atomic E-state index is -2.27. The van der Waals surface area contributed by atoms with Gasteiger partial charge >= 0.3 is 52.7 Å². The van der Waals surface area contributed by atoms with E-state index in [1.54, 1.807) is 0 Å². The number of halogens is 4. The molecule has 0 fully saturated rings. The molecule has 0 saturated carbocycles. The van der Waals surface area contributed by atoms with Gasteiger partial charge in [0.2, 0.25) is 0 Å². The van der Waals surface area contributed by atoms with Gasteiger partial charge in [0.05, 0.1) is 6.17 Å². The summed E-state index contributed by atoms with van der Waals surface area (Å²) in [4.78, 5) is 4.61. The Hall–Kier alpha value is 1.21. The van der Waals surface area contributed by atoms with Crippen molar-refractivity contribution >= 4 is 44.4 Å². The molecule has 1 unspecified atom stereocenters. The van der Waals surface area contributed by atoms with Crippen molar-refractivity contribution in [3.05, 3.63) is 12.4 Å². The molecule has 0 bridgehead atoms. The van der Waals surface area contributed by atoms with Crippen LogP contribution in [0.15, 0.2) is 12.4 Å². The predicted octanol–water partition coefficient (Wildman–Crippen LogP) is 4.76. The Morgan fingerprint density at radius 2 is 1.81 bits per heavy atom. The Labute approximate surface area is 120 Å². The van der Waals surface area contributed by atoms with Gasteiger partial charge in [0, 0.05) is 26.0 Å². The zero-order valence-electron chi connectivity index (χ0n) is 9.61. The predicted molar refractivity (Wildman–Crippen MR) is 74.5 cm³/mol. The van der Waals surface area contributed by atoms with Crippen molar-refractivity contribution in [1.82, 2.24) is 9.80 Å². The first kappa shape index (κ1) is 17.2. The molecule has 1 heterocycles. The Balaban J connectivity index is 0.000000385. The molecule has 0 saturated heterocycles. The topological polar surface area (TPSA) is 6.48 Å². The summed E-state index contributed by atoms with van der Waals surface area (Å²) in [5.74, 6) is 0. The molecule has 1 aliphatic rings. The van der Waals surface area contributed by atoms with E-state index in [4.69, 9.17) is 30.3 Å². The molecule has 0 spiro atoms. The van der Waals surface area contributed by atoms with Crippen LogP contribution in [0.1, 0.15) is 26.7 Å². The fourth-order valence-corrected chi connectivity index (χ4v) is 1.28. The molecule has 0 aliphatic carbocycles. The number of hydrogen-bond donors (Lipinski definition) is 0. The van der Waals surface area contributed by atoms with Gasteiger partial charge in [0.1, 0.15) is 0 Å². The van der Waals surface area contributed by atoms with Crippen LogP contribution >= 0.6 is 44.4 Å². The molecule has 2 nitrogen and oxygen atoms in total. The van der Waals surface area contributed by atoms with Gasteiger partial charge in [-0.25, -0.2) is 0 Å². The van der Waals surface area contributed by atoms with E-state index in [2.05, 4.69) is 57.2 Å². The van der Waals surface area contributed by atoms with Crippen LogP contribution in [0.5, 0.6) is 0 Å². The van der Waals surface area contributed by atoms with Gasteiger partial charge in [-0.3, -0.25) is 0 Å². The molecule has 1 aliphatic heterocycles. The second-order valence-electron chi connectivity index (χ2n) is 3.49. The third-order valence-corrected chi connectivity index (χ3v) is 2.33. The maximum absolute atomic E-state index is 5.10. The van der Waals surface area contributed by atoms with Crippen LogP contribution in [-0.4, -0.2) is 29.6 Å². The van der Waals surface area contributed by atoms with Gasteiger partial charge in [-0.15, -0.1) is 0 Å². The first-order chi connectivity index (χ1) is 7.25. The van der Waals surface area contributed by atoms with Crippen molar-refractivity contribution in [2.75, 3.05) is 13.6 Å². The number of rotatable bonds is 3. The van der Waals surface area contributed by atoms with Crippen molar-refractivity contribution in [1.29, 1.82) is 0 Å². The second kappa shape index (κ2) is 8.34. The van der Waals surface area contributed by atoms with E-state index in [1.165, 1.54) is 19.4 Å². The molecule has 1 atom stereocenters. The molecular formula is C9H18BrCl3FeN2-. The normalized spacial score (nSPS) is 20.8. The average molecular weight is 396 g/mol. The molecule has 1 rings (SSSR count). The minimum absolute atomic E-state index is 0.557. The molecule has 0 aromatic heterocycles. The van der Waals surface area contributed by atoms with E-state index >= 15 is 0 Å². The standard InChI is InChI=1S/C9H18N2.BrH.3ClH.Fe/c1-4-5-6-11-8-7-10(3)9(11)2;;;;;/h7-9H,4-6H2,1-3H3;4*1H;/q;;;;;+3/p-4. The maximum atomic E-state index is 5.10. The van der Waals surface area contributed by atoms with Crippen LogP contribution in [-0.2, 0) is 8.30 Å². The van der Waals surface area contributed by atoms with Crippen molar-refractivity contribution in [3.63, 3.8) is 0 Å². The van der Waals surface area contributed by atoms with Gasteiger partial charge in [-0.2, -0.15) is 0 Å². The van der Waals surface area contributed by atoms with E-state index in [0.717, 1.165) is 0 Å². The second-order valence-corrected chi connectivity index (χ2v) is 18.5. The first-order valence-electron chi connectivity index (χ1n) is 4.95. The van der Waals surface area contributed by atoms with Crippen LogP contribution in [0.3, 0.4) is 0 Å². The molecule has 101 valence electrons.